The standard InChI is InChI=1S/C15H15N3O2/c1-2-17-15(18-14-10-5-16-6-11(10)14)9-4-13-12(3-8(1)9)19-7-20-13/h1-4,10-11,14,16H,5-7H2,(H,17,18). The summed E-state index contributed by atoms with van der Waals surface area (Å²) in [4.78, 5) is 4.51. The smallest absolute Gasteiger partial charge is 0.231 e. The zero-order valence-electron chi connectivity index (χ0n) is 10.9. The van der Waals surface area contributed by atoms with Gasteiger partial charge < -0.3 is 20.1 Å². The lowest BCUT2D eigenvalue weighted by Crippen LogP contribution is -2.21. The molecule has 0 bridgehead atoms. The van der Waals surface area contributed by atoms with E-state index in [9.17, 15) is 0 Å². The summed E-state index contributed by atoms with van der Waals surface area (Å²) in [5.74, 6) is 4.12. The lowest BCUT2D eigenvalue weighted by molar-refractivity contribution is 0.174. The normalized spacial score (nSPS) is 29.5. The Morgan fingerprint density at radius 1 is 1.15 bits per heavy atom. The number of rotatable bonds is 2. The first-order valence-electron chi connectivity index (χ1n) is 7.06. The van der Waals surface area contributed by atoms with Crippen molar-refractivity contribution in [3.8, 4) is 11.5 Å². The third-order valence-corrected chi connectivity index (χ3v) is 4.65. The van der Waals surface area contributed by atoms with E-state index in [2.05, 4.69) is 15.6 Å². The largest absolute Gasteiger partial charge is 0.454 e. The second kappa shape index (κ2) is 3.76. The number of ether oxygens (including phenoxy) is 2. The molecule has 3 aliphatic rings. The highest BCUT2D eigenvalue weighted by atomic mass is 16.7. The van der Waals surface area contributed by atoms with E-state index in [0.717, 1.165) is 53.0 Å². The maximum Gasteiger partial charge on any atom is 0.231 e. The first-order valence-corrected chi connectivity index (χ1v) is 7.06. The van der Waals surface area contributed by atoms with Crippen LogP contribution in [0.15, 0.2) is 24.4 Å². The van der Waals surface area contributed by atoms with Crippen LogP contribution in [0, 0.1) is 11.8 Å². The van der Waals surface area contributed by atoms with Crippen LogP contribution < -0.4 is 20.1 Å². The number of anilines is 1. The predicted octanol–water partition coefficient (Wildman–Crippen LogP) is 1.59. The number of hydrogen-bond donors (Lipinski definition) is 2. The summed E-state index contributed by atoms with van der Waals surface area (Å²) in [5, 5.41) is 9.26. The molecule has 102 valence electrons. The summed E-state index contributed by atoms with van der Waals surface area (Å²) in [6.07, 6.45) is 1.85. The van der Waals surface area contributed by atoms with Crippen LogP contribution in [0.1, 0.15) is 0 Å². The van der Waals surface area contributed by atoms with Crippen LogP contribution in [0.25, 0.3) is 10.8 Å². The van der Waals surface area contributed by atoms with Crippen LogP contribution >= 0.6 is 0 Å². The highest BCUT2D eigenvalue weighted by molar-refractivity contribution is 5.94. The number of nitrogens with zero attached hydrogens (tertiary/aromatic N) is 1. The zero-order valence-corrected chi connectivity index (χ0v) is 10.9. The van der Waals surface area contributed by atoms with E-state index in [4.69, 9.17) is 9.47 Å². The topological polar surface area (TPSA) is 55.4 Å². The SMILES string of the molecule is c1cc2cc3c(cc2c(NC2C4CNCC42)n1)OCO3. The molecule has 2 aliphatic heterocycles. The Hall–Kier alpha value is -2.01. The molecule has 0 amide bonds. The van der Waals surface area contributed by atoms with E-state index in [0.29, 0.717) is 12.8 Å². The third kappa shape index (κ3) is 1.44. The number of fused-ring (bicyclic) bond motifs is 3. The summed E-state index contributed by atoms with van der Waals surface area (Å²) < 4.78 is 10.9. The van der Waals surface area contributed by atoms with Crippen molar-refractivity contribution in [2.75, 3.05) is 25.2 Å². The molecule has 5 heteroatoms. The molecule has 1 aromatic carbocycles. The van der Waals surface area contributed by atoms with E-state index in [1.807, 2.05) is 24.4 Å². The molecule has 1 aliphatic carbocycles. The molecule has 2 atom stereocenters. The highest BCUT2D eigenvalue weighted by Gasteiger charge is 2.53. The summed E-state index contributed by atoms with van der Waals surface area (Å²) in [6.45, 7) is 2.55. The van der Waals surface area contributed by atoms with Gasteiger partial charge in [0.1, 0.15) is 5.82 Å². The van der Waals surface area contributed by atoms with Gasteiger partial charge in [-0.15, -0.1) is 0 Å². The van der Waals surface area contributed by atoms with Crippen molar-refractivity contribution >= 4 is 16.6 Å². The number of nitrogens with one attached hydrogen (secondary N) is 2. The van der Waals surface area contributed by atoms with Crippen molar-refractivity contribution in [3.05, 3.63) is 24.4 Å². The summed E-state index contributed by atoms with van der Waals surface area (Å²) in [6, 6.07) is 6.64. The summed E-state index contributed by atoms with van der Waals surface area (Å²) >= 11 is 0. The van der Waals surface area contributed by atoms with Gasteiger partial charge in [-0.05, 0) is 35.4 Å². The van der Waals surface area contributed by atoms with Crippen molar-refractivity contribution in [2.45, 2.75) is 6.04 Å². The molecule has 0 spiro atoms. The molecule has 0 radical (unpaired) electrons. The minimum absolute atomic E-state index is 0.306. The molecular weight excluding hydrogens is 254 g/mol. The minimum Gasteiger partial charge on any atom is -0.454 e. The monoisotopic (exact) mass is 269 g/mol. The number of pyridine rings is 1. The Bertz CT molecular complexity index is 693. The van der Waals surface area contributed by atoms with Gasteiger partial charge in [0.05, 0.1) is 0 Å². The van der Waals surface area contributed by atoms with Gasteiger partial charge in [-0.2, -0.15) is 0 Å². The molecule has 3 heterocycles. The molecule has 2 fully saturated rings. The molecule has 2 aromatic rings. The fourth-order valence-corrected chi connectivity index (χ4v) is 3.47. The third-order valence-electron chi connectivity index (χ3n) is 4.65. The van der Waals surface area contributed by atoms with Gasteiger partial charge in [0, 0.05) is 30.7 Å². The quantitative estimate of drug-likeness (QED) is 0.867. The van der Waals surface area contributed by atoms with Gasteiger partial charge in [-0.25, -0.2) is 4.98 Å². The Morgan fingerprint density at radius 3 is 2.80 bits per heavy atom. The summed E-state index contributed by atoms with van der Waals surface area (Å²) in [5.41, 5.74) is 0. The number of aromatic nitrogens is 1. The second-order valence-electron chi connectivity index (χ2n) is 5.74. The van der Waals surface area contributed by atoms with Crippen LogP contribution in [0.4, 0.5) is 5.82 Å². The first-order chi connectivity index (χ1) is 9.90. The van der Waals surface area contributed by atoms with Gasteiger partial charge in [0.25, 0.3) is 0 Å². The van der Waals surface area contributed by atoms with Crippen LogP contribution in [0.3, 0.4) is 0 Å². The van der Waals surface area contributed by atoms with E-state index in [1.54, 1.807) is 0 Å². The minimum atomic E-state index is 0.306. The Morgan fingerprint density at radius 2 is 1.95 bits per heavy atom. The van der Waals surface area contributed by atoms with Gasteiger partial charge in [0.15, 0.2) is 11.5 Å². The fourth-order valence-electron chi connectivity index (χ4n) is 3.47. The van der Waals surface area contributed by atoms with Crippen molar-refractivity contribution in [1.82, 2.24) is 10.3 Å². The first kappa shape index (κ1) is 10.7. The number of benzene rings is 1. The average molecular weight is 269 g/mol. The Balaban J connectivity index is 1.55. The molecule has 5 rings (SSSR count). The van der Waals surface area contributed by atoms with Crippen LogP contribution in [0.2, 0.25) is 0 Å². The Kier molecular flexibility index (Phi) is 2.02. The van der Waals surface area contributed by atoms with Crippen molar-refractivity contribution in [1.29, 1.82) is 0 Å². The highest BCUT2D eigenvalue weighted by Crippen LogP contribution is 2.45. The van der Waals surface area contributed by atoms with E-state index >= 15 is 0 Å². The average Bonchev–Trinajstić information content (AvgIpc) is 2.90. The van der Waals surface area contributed by atoms with E-state index in [1.165, 1.54) is 0 Å². The fraction of sp³-hybridized carbons (Fsp3) is 0.400. The van der Waals surface area contributed by atoms with E-state index < -0.39 is 0 Å². The maximum absolute atomic E-state index is 5.47. The Labute approximate surface area is 116 Å². The van der Waals surface area contributed by atoms with Crippen molar-refractivity contribution in [2.24, 2.45) is 11.8 Å². The van der Waals surface area contributed by atoms with Gasteiger partial charge in [0.2, 0.25) is 6.79 Å². The van der Waals surface area contributed by atoms with Gasteiger partial charge >= 0.3 is 0 Å². The van der Waals surface area contributed by atoms with Crippen molar-refractivity contribution < 1.29 is 9.47 Å². The van der Waals surface area contributed by atoms with Crippen molar-refractivity contribution in [3.63, 3.8) is 0 Å². The molecular formula is C15H15N3O2. The molecule has 2 unspecified atom stereocenters. The lowest BCUT2D eigenvalue weighted by atomic mass is 10.1. The molecule has 5 nitrogen and oxygen atoms in total. The number of hydrogen-bond acceptors (Lipinski definition) is 5. The van der Waals surface area contributed by atoms with Gasteiger partial charge in [-0.3, -0.25) is 0 Å². The molecule has 2 N–H and O–H groups in total. The number of piperidine rings is 1. The molecule has 20 heavy (non-hydrogen) atoms. The van der Waals surface area contributed by atoms with Crippen LogP contribution in [0.5, 0.6) is 11.5 Å². The van der Waals surface area contributed by atoms with Gasteiger partial charge in [-0.1, -0.05) is 0 Å². The summed E-state index contributed by atoms with van der Waals surface area (Å²) in [7, 11) is 0. The molecule has 1 aromatic heterocycles. The van der Waals surface area contributed by atoms with Crippen LogP contribution in [-0.2, 0) is 0 Å². The van der Waals surface area contributed by atoms with E-state index in [-0.39, 0.29) is 0 Å². The molecule has 1 saturated carbocycles. The lowest BCUT2D eigenvalue weighted by Gasteiger charge is -2.11. The maximum atomic E-state index is 5.47. The predicted molar refractivity (Wildman–Crippen MR) is 75.1 cm³/mol. The van der Waals surface area contributed by atoms with Crippen LogP contribution in [-0.4, -0.2) is 30.9 Å². The second-order valence-corrected chi connectivity index (χ2v) is 5.74. The zero-order chi connectivity index (χ0) is 13.1. The molecule has 1 saturated heterocycles.